The van der Waals surface area contributed by atoms with Crippen molar-refractivity contribution < 1.29 is 36.2 Å². The predicted molar refractivity (Wildman–Crippen MR) is 160 cm³/mol. The molecule has 238 valence electrons. The van der Waals surface area contributed by atoms with Gasteiger partial charge in [0.25, 0.3) is 0 Å². The van der Waals surface area contributed by atoms with E-state index >= 15 is 0 Å². The monoisotopic (exact) mass is 640 g/mol. The van der Waals surface area contributed by atoms with Crippen LogP contribution in [0.4, 0.5) is 11.5 Å². The number of likely N-dealkylation sites (N-methyl/N-ethyl adjacent to an activating group) is 1. The Bertz CT molecular complexity index is 1520. The Morgan fingerprint density at radius 1 is 1.16 bits per heavy atom. The van der Waals surface area contributed by atoms with Crippen LogP contribution < -0.4 is 29.7 Å². The molecule has 1 spiro atoms. The first-order chi connectivity index (χ1) is 20.5. The highest BCUT2D eigenvalue weighted by atomic mass is 32.2. The third-order valence-corrected chi connectivity index (χ3v) is 11.5. The van der Waals surface area contributed by atoms with E-state index in [9.17, 15) is 21.9 Å². The van der Waals surface area contributed by atoms with Crippen molar-refractivity contribution in [3.8, 4) is 11.6 Å². The van der Waals surface area contributed by atoms with Gasteiger partial charge in [0.1, 0.15) is 41.5 Å². The van der Waals surface area contributed by atoms with E-state index in [2.05, 4.69) is 20.3 Å². The highest BCUT2D eigenvalue weighted by Gasteiger charge is 2.45. The number of hydrogen-bond acceptors (Lipinski definition) is 12. The standard InChI is InChI=1S/C27H40N6O8S2/c1-28-25-24(14-23-26(31-25)39-12-11-32(23)3)43(37,38)33-9-7-27(8-10-33)15-19(17-41-27)30-16-20(34)18-40-21-5-4-6-22(13-21)42(35,36)29-2/h4-6,13-14,19-20,29-30,34H,7-12,15-18H2,1-3H3,(H,28,31)/t19-,20+/m1/s1. The van der Waals surface area contributed by atoms with Gasteiger partial charge in [-0.1, -0.05) is 6.07 Å². The molecule has 1 aromatic carbocycles. The summed E-state index contributed by atoms with van der Waals surface area (Å²) in [5, 5.41) is 16.7. The minimum atomic E-state index is -3.81. The quantitative estimate of drug-likeness (QED) is 0.263. The summed E-state index contributed by atoms with van der Waals surface area (Å²) in [6, 6.07) is 7.71. The van der Waals surface area contributed by atoms with Crippen LogP contribution in [0, 0.1) is 0 Å². The van der Waals surface area contributed by atoms with Crippen LogP contribution in [-0.2, 0) is 24.8 Å². The van der Waals surface area contributed by atoms with Gasteiger partial charge < -0.3 is 34.9 Å². The number of aliphatic hydroxyl groups excluding tert-OH is 1. The fraction of sp³-hybridized carbons (Fsp3) is 0.593. The molecule has 3 aliphatic heterocycles. The van der Waals surface area contributed by atoms with Crippen molar-refractivity contribution in [3.63, 3.8) is 0 Å². The Morgan fingerprint density at radius 2 is 1.93 bits per heavy atom. The van der Waals surface area contributed by atoms with Crippen LogP contribution in [0.2, 0.25) is 0 Å². The lowest BCUT2D eigenvalue weighted by molar-refractivity contribution is -0.0312. The molecule has 14 nitrogen and oxygen atoms in total. The summed E-state index contributed by atoms with van der Waals surface area (Å²) in [5.41, 5.74) is 0.214. The molecule has 2 saturated heterocycles. The summed E-state index contributed by atoms with van der Waals surface area (Å²) in [7, 11) is -2.55. The third-order valence-electron chi connectivity index (χ3n) is 8.18. The molecule has 5 rings (SSSR count). The van der Waals surface area contributed by atoms with Crippen molar-refractivity contribution in [2.45, 2.75) is 46.8 Å². The first-order valence-corrected chi connectivity index (χ1v) is 17.2. The molecule has 0 bridgehead atoms. The molecule has 43 heavy (non-hydrogen) atoms. The number of aliphatic hydroxyl groups is 1. The number of nitrogens with zero attached hydrogens (tertiary/aromatic N) is 3. The number of hydrogen-bond donors (Lipinski definition) is 4. The molecule has 2 aromatic rings. The van der Waals surface area contributed by atoms with Crippen LogP contribution in [0.25, 0.3) is 0 Å². The molecule has 1 aromatic heterocycles. The fourth-order valence-electron chi connectivity index (χ4n) is 5.62. The van der Waals surface area contributed by atoms with E-state index in [0.717, 1.165) is 0 Å². The maximum Gasteiger partial charge on any atom is 0.246 e. The molecule has 4 heterocycles. The van der Waals surface area contributed by atoms with E-state index < -0.39 is 31.8 Å². The van der Waals surface area contributed by atoms with Gasteiger partial charge in [-0.3, -0.25) is 0 Å². The van der Waals surface area contributed by atoms with Crippen molar-refractivity contribution in [1.29, 1.82) is 0 Å². The number of anilines is 2. The van der Waals surface area contributed by atoms with E-state index in [1.54, 1.807) is 25.2 Å². The molecular weight excluding hydrogens is 600 g/mol. The van der Waals surface area contributed by atoms with Gasteiger partial charge in [-0.2, -0.15) is 9.29 Å². The SMILES string of the molecule is CNc1nc2c(cc1S(=O)(=O)N1CCC3(CC1)C[C@@H](NC[C@H](O)COc1cccc(S(=O)(=O)NC)c1)CO3)N(C)CCO2. The van der Waals surface area contributed by atoms with Crippen molar-refractivity contribution in [2.75, 3.05) is 77.4 Å². The zero-order chi connectivity index (χ0) is 30.8. The Hall–Kier alpha value is -2.73. The van der Waals surface area contributed by atoms with Gasteiger partial charge in [-0.15, -0.1) is 0 Å². The zero-order valence-electron chi connectivity index (χ0n) is 24.6. The maximum atomic E-state index is 13.7. The first-order valence-electron chi connectivity index (χ1n) is 14.2. The van der Waals surface area contributed by atoms with Gasteiger partial charge in [-0.25, -0.2) is 21.6 Å². The highest BCUT2D eigenvalue weighted by molar-refractivity contribution is 7.89. The lowest BCUT2D eigenvalue weighted by atomic mass is 9.88. The molecule has 2 atom stereocenters. The van der Waals surface area contributed by atoms with Crippen LogP contribution in [0.15, 0.2) is 40.1 Å². The number of piperidine rings is 1. The minimum Gasteiger partial charge on any atom is -0.491 e. The molecule has 3 aliphatic rings. The number of benzene rings is 1. The molecule has 0 saturated carbocycles. The minimum absolute atomic E-state index is 0.00168. The number of sulfonamides is 2. The van der Waals surface area contributed by atoms with Gasteiger partial charge >= 0.3 is 0 Å². The van der Waals surface area contributed by atoms with E-state index in [4.69, 9.17) is 14.2 Å². The van der Waals surface area contributed by atoms with Gasteiger partial charge in [0, 0.05) is 45.8 Å². The lowest BCUT2D eigenvalue weighted by Crippen LogP contribution is -2.47. The largest absolute Gasteiger partial charge is 0.491 e. The molecule has 0 amide bonds. The Kier molecular flexibility index (Phi) is 9.37. The summed E-state index contributed by atoms with van der Waals surface area (Å²) in [5.74, 6) is 1.01. The molecule has 4 N–H and O–H groups in total. The Morgan fingerprint density at radius 3 is 2.65 bits per heavy atom. The van der Waals surface area contributed by atoms with Crippen molar-refractivity contribution in [1.82, 2.24) is 19.3 Å². The summed E-state index contributed by atoms with van der Waals surface area (Å²) in [4.78, 5) is 6.58. The van der Waals surface area contributed by atoms with Crippen LogP contribution in [0.5, 0.6) is 11.6 Å². The second-order valence-electron chi connectivity index (χ2n) is 11.0. The Labute approximate surface area is 252 Å². The van der Waals surface area contributed by atoms with Crippen molar-refractivity contribution in [3.05, 3.63) is 30.3 Å². The van der Waals surface area contributed by atoms with E-state index in [-0.39, 0.29) is 34.8 Å². The van der Waals surface area contributed by atoms with Crippen molar-refractivity contribution >= 4 is 31.6 Å². The fourth-order valence-corrected chi connectivity index (χ4v) is 7.98. The first kappa shape index (κ1) is 31.7. The topological polar surface area (TPSA) is 172 Å². The number of fused-ring (bicyclic) bond motifs is 1. The van der Waals surface area contributed by atoms with Gasteiger partial charge in [0.2, 0.25) is 25.9 Å². The summed E-state index contributed by atoms with van der Waals surface area (Å²) in [6.07, 6.45) is 0.975. The Balaban J connectivity index is 1.12. The smallest absolute Gasteiger partial charge is 0.246 e. The van der Waals surface area contributed by atoms with E-state index in [1.807, 2.05) is 11.9 Å². The third kappa shape index (κ3) is 6.84. The summed E-state index contributed by atoms with van der Waals surface area (Å²) in [6.45, 7) is 2.47. The average Bonchev–Trinajstić information content (AvgIpc) is 3.40. The van der Waals surface area contributed by atoms with Crippen LogP contribution in [-0.4, -0.2) is 116 Å². The second-order valence-corrected chi connectivity index (χ2v) is 14.8. The number of aromatic nitrogens is 1. The van der Waals surface area contributed by atoms with Crippen molar-refractivity contribution in [2.24, 2.45) is 0 Å². The second kappa shape index (κ2) is 12.7. The number of pyridine rings is 1. The number of ether oxygens (including phenoxy) is 3. The normalized spacial score (nSPS) is 21.3. The summed E-state index contributed by atoms with van der Waals surface area (Å²) < 4.78 is 72.6. The number of rotatable bonds is 11. The molecular formula is C27H40N6O8S2. The molecule has 0 radical (unpaired) electrons. The van der Waals surface area contributed by atoms with Gasteiger partial charge in [-0.05, 0) is 44.5 Å². The van der Waals surface area contributed by atoms with E-state index in [0.29, 0.717) is 69.4 Å². The lowest BCUT2D eigenvalue weighted by Gasteiger charge is -2.38. The van der Waals surface area contributed by atoms with Gasteiger partial charge in [0.05, 0.1) is 23.6 Å². The average molecular weight is 641 g/mol. The van der Waals surface area contributed by atoms with Crippen LogP contribution in [0.1, 0.15) is 19.3 Å². The summed E-state index contributed by atoms with van der Waals surface area (Å²) >= 11 is 0. The van der Waals surface area contributed by atoms with Gasteiger partial charge in [0.15, 0.2) is 0 Å². The maximum absolute atomic E-state index is 13.7. The molecule has 0 unspecified atom stereocenters. The number of nitrogens with one attached hydrogen (secondary N) is 3. The zero-order valence-corrected chi connectivity index (χ0v) is 26.2. The predicted octanol–water partition coefficient (Wildman–Crippen LogP) is 0.202. The molecule has 2 fully saturated rings. The molecule has 0 aliphatic carbocycles. The van der Waals surface area contributed by atoms with Crippen LogP contribution >= 0.6 is 0 Å². The molecule has 16 heteroatoms. The highest BCUT2D eigenvalue weighted by Crippen LogP contribution is 2.40. The van der Waals surface area contributed by atoms with E-state index in [1.165, 1.54) is 23.5 Å². The van der Waals surface area contributed by atoms with Crippen LogP contribution in [0.3, 0.4) is 0 Å².